The summed E-state index contributed by atoms with van der Waals surface area (Å²) in [6.07, 6.45) is 11.4. The number of hydrogen-bond donors (Lipinski definition) is 0. The second-order valence-electron chi connectivity index (χ2n) is 22.9. The van der Waals surface area contributed by atoms with Crippen LogP contribution in [0.3, 0.4) is 0 Å². The van der Waals surface area contributed by atoms with E-state index in [0.29, 0.717) is 0 Å². The van der Waals surface area contributed by atoms with Crippen molar-refractivity contribution in [3.05, 3.63) is 23.2 Å². The standard InChI is InChI=1S/C43H48BI/c1-8-11-15-13-9(41(44)12(8)13)5-3-2-4-6-43-7-10(43)14-17-20-22-23-25(28(22)32(20)37(17)40(14)43)24-26(23)29-27(24)31-34(29)39-36(31)35-30-21-18(15)16(11)19(21)33(30)38(35)42(39)45/h2,4,8,10-40,42H,3,5-7,44H2,1H3. The average Bonchev–Trinajstić information content (AvgIpc) is 3.46. The number of alkyl halides is 1. The molecule has 18 aliphatic rings. The van der Waals surface area contributed by atoms with Crippen molar-refractivity contribution in [3.63, 3.8) is 0 Å². The monoisotopic (exact) mass is 702 g/mol. The molecule has 0 aliphatic heterocycles. The molecule has 0 N–H and O–H groups in total. The fraction of sp³-hybridized carbons (Fsp3) is 0.907. The third-order valence-electron chi connectivity index (χ3n) is 24.9. The molecule has 0 saturated heterocycles. The lowest BCUT2D eigenvalue weighted by Gasteiger charge is -2.96. The van der Waals surface area contributed by atoms with Crippen molar-refractivity contribution < 1.29 is 0 Å². The summed E-state index contributed by atoms with van der Waals surface area (Å²) in [5.41, 5.74) is 4.75. The van der Waals surface area contributed by atoms with Crippen LogP contribution in [0.2, 0.25) is 0 Å². The van der Waals surface area contributed by atoms with Crippen LogP contribution < -0.4 is 0 Å². The molecule has 1 spiro atoms. The minimum atomic E-state index is 0.839. The first-order valence-electron chi connectivity index (χ1n) is 21.2. The van der Waals surface area contributed by atoms with Crippen molar-refractivity contribution in [1.82, 2.24) is 0 Å². The summed E-state index contributed by atoms with van der Waals surface area (Å²) in [6, 6.07) is 0. The summed E-state index contributed by atoms with van der Waals surface area (Å²) in [4.78, 5) is 0. The highest BCUT2D eigenvalue weighted by atomic mass is 127. The van der Waals surface area contributed by atoms with Crippen LogP contribution in [0, 0.1) is 195 Å². The molecule has 2 heteroatoms. The van der Waals surface area contributed by atoms with E-state index in [9.17, 15) is 0 Å². The normalized spacial score (nSPS) is 88.1. The highest BCUT2D eigenvalue weighted by molar-refractivity contribution is 14.1. The quantitative estimate of drug-likeness (QED) is 0.113. The maximum Gasteiger partial charge on any atom is 0.134 e. The number of hydrogen-bond acceptors (Lipinski definition) is 0. The summed E-state index contributed by atoms with van der Waals surface area (Å²) in [6.45, 7) is 2.74. The van der Waals surface area contributed by atoms with E-state index in [1.807, 2.05) is 11.0 Å². The molecule has 34 atom stereocenters. The van der Waals surface area contributed by atoms with Crippen LogP contribution in [0.4, 0.5) is 0 Å². The molecule has 18 aliphatic carbocycles. The molecule has 0 aromatic heterocycles. The first-order chi connectivity index (χ1) is 22.2. The second kappa shape index (κ2) is 6.03. The Balaban J connectivity index is 0.738. The SMILES string of the molecule is BC1=C2CCC=CCC34CC3C3C5C6C7C8C9C%10C%11C%12C(I)C%13C(C%12C%11C%10C9C8C7C6C5C34)C3C%13C4C5C6C(C)C1C2C6C5C43. The van der Waals surface area contributed by atoms with Crippen LogP contribution in [-0.4, -0.2) is 11.8 Å². The highest BCUT2D eigenvalue weighted by Crippen LogP contribution is 3.00. The van der Waals surface area contributed by atoms with Gasteiger partial charge in [0.2, 0.25) is 0 Å². The third-order valence-corrected chi connectivity index (χ3v) is 26.6. The van der Waals surface area contributed by atoms with Gasteiger partial charge in [0.05, 0.1) is 0 Å². The Hall–Kier alpha value is 0.275. The number of halogens is 1. The van der Waals surface area contributed by atoms with E-state index in [2.05, 4.69) is 49.5 Å². The average molecular weight is 703 g/mol. The van der Waals surface area contributed by atoms with E-state index in [1.54, 1.807) is 6.42 Å². The first-order valence-corrected chi connectivity index (χ1v) is 22.4. The third kappa shape index (κ3) is 1.63. The van der Waals surface area contributed by atoms with Crippen molar-refractivity contribution in [1.29, 1.82) is 0 Å². The Morgan fingerprint density at radius 2 is 1.02 bits per heavy atom. The molecule has 0 aromatic rings. The molecular formula is C43H48BI. The summed E-state index contributed by atoms with van der Waals surface area (Å²) in [7, 11) is 2.60. The Morgan fingerprint density at radius 3 is 1.60 bits per heavy atom. The second-order valence-corrected chi connectivity index (χ2v) is 24.4. The molecule has 45 heavy (non-hydrogen) atoms. The summed E-state index contributed by atoms with van der Waals surface area (Å²) in [5.74, 6) is 39.0. The Bertz CT molecular complexity index is 1740. The van der Waals surface area contributed by atoms with Crippen molar-refractivity contribution >= 4 is 30.4 Å². The topological polar surface area (TPSA) is 0 Å². The summed E-state index contributed by atoms with van der Waals surface area (Å²) >= 11 is 3.13. The molecule has 16 fully saturated rings. The fourth-order valence-electron chi connectivity index (χ4n) is 25.1. The van der Waals surface area contributed by atoms with Crippen LogP contribution in [0.1, 0.15) is 32.6 Å². The van der Waals surface area contributed by atoms with E-state index in [-0.39, 0.29) is 0 Å². The number of fused-ring (bicyclic) bond motifs is 13. The lowest BCUT2D eigenvalue weighted by atomic mass is 9.08. The molecule has 0 bridgehead atoms. The van der Waals surface area contributed by atoms with Gasteiger partial charge in [0, 0.05) is 3.92 Å². The lowest BCUT2D eigenvalue weighted by Crippen LogP contribution is -2.93. The van der Waals surface area contributed by atoms with E-state index >= 15 is 0 Å². The molecule has 0 aromatic carbocycles. The molecule has 0 heterocycles. The van der Waals surface area contributed by atoms with Gasteiger partial charge >= 0.3 is 0 Å². The Labute approximate surface area is 283 Å². The molecule has 18 rings (SSSR count). The first kappa shape index (κ1) is 22.9. The number of rotatable bonds is 0. The predicted octanol–water partition coefficient (Wildman–Crippen LogP) is 6.76. The smallest absolute Gasteiger partial charge is 0.107 e. The molecular weight excluding hydrogens is 654 g/mol. The summed E-state index contributed by atoms with van der Waals surface area (Å²) < 4.78 is 1.10. The van der Waals surface area contributed by atoms with Crippen LogP contribution in [0.5, 0.6) is 0 Å². The van der Waals surface area contributed by atoms with E-state index < -0.39 is 0 Å². The van der Waals surface area contributed by atoms with Gasteiger partial charge < -0.3 is 0 Å². The van der Waals surface area contributed by atoms with Crippen molar-refractivity contribution in [2.75, 3.05) is 0 Å². The van der Waals surface area contributed by atoms with Gasteiger partial charge in [-0.25, -0.2) is 0 Å². The van der Waals surface area contributed by atoms with E-state index in [1.165, 1.54) is 179 Å². The predicted molar refractivity (Wildman–Crippen MR) is 181 cm³/mol. The van der Waals surface area contributed by atoms with Gasteiger partial charge in [-0.1, -0.05) is 47.2 Å². The molecule has 34 unspecified atom stereocenters. The zero-order valence-electron chi connectivity index (χ0n) is 26.9. The van der Waals surface area contributed by atoms with Gasteiger partial charge in [-0.05, 0) is 220 Å². The van der Waals surface area contributed by atoms with Gasteiger partial charge in [-0.3, -0.25) is 0 Å². The van der Waals surface area contributed by atoms with Crippen molar-refractivity contribution in [3.8, 4) is 0 Å². The molecule has 0 nitrogen and oxygen atoms in total. The molecule has 16 saturated carbocycles. The number of allylic oxidation sites excluding steroid dienone is 4. The Morgan fingerprint density at radius 1 is 0.556 bits per heavy atom. The van der Waals surface area contributed by atoms with Gasteiger partial charge in [-0.2, -0.15) is 0 Å². The zero-order chi connectivity index (χ0) is 27.9. The van der Waals surface area contributed by atoms with Crippen LogP contribution in [0.25, 0.3) is 0 Å². The molecule has 0 amide bonds. The minimum Gasteiger partial charge on any atom is -0.107 e. The van der Waals surface area contributed by atoms with E-state index in [4.69, 9.17) is 0 Å². The van der Waals surface area contributed by atoms with Gasteiger partial charge in [0.25, 0.3) is 0 Å². The van der Waals surface area contributed by atoms with Gasteiger partial charge in [0.1, 0.15) is 7.85 Å². The van der Waals surface area contributed by atoms with Crippen molar-refractivity contribution in [2.24, 2.45) is 195 Å². The Kier molecular flexibility index (Phi) is 3.07. The maximum atomic E-state index is 3.13. The van der Waals surface area contributed by atoms with Crippen LogP contribution in [-0.2, 0) is 0 Å². The van der Waals surface area contributed by atoms with E-state index in [0.717, 1.165) is 38.9 Å². The highest BCUT2D eigenvalue weighted by Gasteiger charge is 2.97. The zero-order valence-corrected chi connectivity index (χ0v) is 29.1. The van der Waals surface area contributed by atoms with Crippen LogP contribution in [0.15, 0.2) is 23.2 Å². The molecule has 0 radical (unpaired) electrons. The van der Waals surface area contributed by atoms with Gasteiger partial charge in [-0.15, -0.1) is 5.47 Å². The molecule has 230 valence electrons. The summed E-state index contributed by atoms with van der Waals surface area (Å²) in [5, 5.41) is 0. The minimum absolute atomic E-state index is 0.839. The van der Waals surface area contributed by atoms with Crippen molar-refractivity contribution in [2.45, 2.75) is 36.5 Å². The largest absolute Gasteiger partial charge is 0.134 e. The lowest BCUT2D eigenvalue weighted by molar-refractivity contribution is -0.496. The maximum absolute atomic E-state index is 3.13. The fourth-order valence-corrected chi connectivity index (χ4v) is 27.0. The van der Waals surface area contributed by atoms with Gasteiger partial charge in [0.15, 0.2) is 0 Å². The van der Waals surface area contributed by atoms with Crippen LogP contribution >= 0.6 is 22.6 Å².